The molecule has 1 fully saturated rings. The van der Waals surface area contributed by atoms with E-state index >= 15 is 0 Å². The Morgan fingerprint density at radius 2 is 1.97 bits per heavy atom. The zero-order chi connectivity index (χ0) is 21.5. The minimum atomic E-state index is -3.67. The van der Waals surface area contributed by atoms with E-state index in [1.165, 1.54) is 0 Å². The first-order valence-corrected chi connectivity index (χ1v) is 11.4. The monoisotopic (exact) mass is 429 g/mol. The average molecular weight is 430 g/mol. The Kier molecular flexibility index (Phi) is 5.52. The van der Waals surface area contributed by atoms with Gasteiger partial charge in [-0.05, 0) is 58.1 Å². The third-order valence-corrected chi connectivity index (χ3v) is 7.32. The maximum Gasteiger partial charge on any atom is 0.243 e. The smallest absolute Gasteiger partial charge is 0.243 e. The molecule has 1 unspecified atom stereocenters. The summed E-state index contributed by atoms with van der Waals surface area (Å²) in [6, 6.07) is 8.18. The first-order valence-electron chi connectivity index (χ1n) is 9.96. The fourth-order valence-corrected chi connectivity index (χ4v) is 5.76. The highest BCUT2D eigenvalue weighted by Gasteiger charge is 2.39. The van der Waals surface area contributed by atoms with Crippen molar-refractivity contribution in [3.8, 4) is 5.75 Å². The number of ether oxygens (including phenoxy) is 1. The molecule has 1 aromatic carbocycles. The molecular formula is C21H27N5O3S. The van der Waals surface area contributed by atoms with Gasteiger partial charge in [0, 0.05) is 30.9 Å². The van der Waals surface area contributed by atoms with Crippen LogP contribution in [0.2, 0.25) is 0 Å². The van der Waals surface area contributed by atoms with E-state index in [9.17, 15) is 8.42 Å². The molecule has 0 spiro atoms. The molecule has 160 valence electrons. The fourth-order valence-electron chi connectivity index (χ4n) is 4.10. The minimum Gasteiger partial charge on any atom is -0.497 e. The van der Waals surface area contributed by atoms with Crippen LogP contribution < -0.4 is 4.74 Å². The predicted molar refractivity (Wildman–Crippen MR) is 114 cm³/mol. The molecule has 8 nitrogen and oxygen atoms in total. The first-order chi connectivity index (χ1) is 14.3. The van der Waals surface area contributed by atoms with Gasteiger partial charge in [0.15, 0.2) is 5.65 Å². The van der Waals surface area contributed by atoms with Gasteiger partial charge in [-0.3, -0.25) is 0 Å². The molecule has 9 heteroatoms. The van der Waals surface area contributed by atoms with Gasteiger partial charge in [0.25, 0.3) is 0 Å². The molecule has 4 rings (SSSR count). The molecule has 1 aliphatic heterocycles. The van der Waals surface area contributed by atoms with Gasteiger partial charge in [0.05, 0.1) is 29.4 Å². The molecule has 0 N–H and O–H groups in total. The number of rotatable bonds is 6. The van der Waals surface area contributed by atoms with E-state index in [0.29, 0.717) is 18.8 Å². The number of benzene rings is 1. The van der Waals surface area contributed by atoms with E-state index in [0.717, 1.165) is 35.4 Å². The van der Waals surface area contributed by atoms with Crippen molar-refractivity contribution in [2.45, 2.75) is 37.2 Å². The highest BCUT2D eigenvalue weighted by atomic mass is 32.2. The second-order valence-electron chi connectivity index (χ2n) is 7.91. The molecular weight excluding hydrogens is 402 g/mol. The van der Waals surface area contributed by atoms with Gasteiger partial charge in [-0.2, -0.15) is 9.40 Å². The molecule has 30 heavy (non-hydrogen) atoms. The van der Waals surface area contributed by atoms with Crippen molar-refractivity contribution >= 4 is 15.7 Å². The van der Waals surface area contributed by atoms with Crippen LogP contribution in [0.25, 0.3) is 5.65 Å². The van der Waals surface area contributed by atoms with Crippen LogP contribution in [0.15, 0.2) is 41.4 Å². The molecule has 0 bridgehead atoms. The largest absolute Gasteiger partial charge is 0.497 e. The van der Waals surface area contributed by atoms with Crippen LogP contribution in [0.4, 0.5) is 0 Å². The third kappa shape index (κ3) is 3.68. The van der Waals surface area contributed by atoms with Crippen molar-refractivity contribution in [1.82, 2.24) is 23.8 Å². The van der Waals surface area contributed by atoms with Gasteiger partial charge in [-0.25, -0.2) is 17.9 Å². The molecule has 0 aliphatic carbocycles. The fraction of sp³-hybridized carbons (Fsp3) is 0.429. The molecule has 3 heterocycles. The normalized spacial score (nSPS) is 17.8. The molecule has 3 aromatic rings. The van der Waals surface area contributed by atoms with E-state index in [1.807, 2.05) is 37.8 Å². The van der Waals surface area contributed by atoms with Crippen molar-refractivity contribution < 1.29 is 13.2 Å². The highest BCUT2D eigenvalue weighted by Crippen LogP contribution is 2.38. The Hall–Kier alpha value is -2.49. The summed E-state index contributed by atoms with van der Waals surface area (Å²) < 4.78 is 35.6. The van der Waals surface area contributed by atoms with Gasteiger partial charge in [0.2, 0.25) is 10.0 Å². The lowest BCUT2D eigenvalue weighted by molar-refractivity contribution is 0.366. The third-order valence-electron chi connectivity index (χ3n) is 5.39. The highest BCUT2D eigenvalue weighted by molar-refractivity contribution is 7.89. The van der Waals surface area contributed by atoms with E-state index in [4.69, 9.17) is 4.74 Å². The zero-order valence-corrected chi connectivity index (χ0v) is 18.6. The second kappa shape index (κ2) is 7.98. The maximum atomic E-state index is 13.5. The van der Waals surface area contributed by atoms with Gasteiger partial charge < -0.3 is 9.64 Å². The van der Waals surface area contributed by atoms with Crippen molar-refractivity contribution in [3.63, 3.8) is 0 Å². The van der Waals surface area contributed by atoms with Crippen molar-refractivity contribution in [1.29, 1.82) is 0 Å². The van der Waals surface area contributed by atoms with Crippen LogP contribution in [0.5, 0.6) is 5.75 Å². The summed E-state index contributed by atoms with van der Waals surface area (Å²) in [5.74, 6) is 0.628. The maximum absolute atomic E-state index is 13.5. The Bertz CT molecular complexity index is 1160. The topological polar surface area (TPSA) is 80.0 Å². The molecule has 2 aromatic heterocycles. The Morgan fingerprint density at radius 1 is 1.23 bits per heavy atom. The minimum absolute atomic E-state index is 0.270. The standard InChI is InChI=1S/C21H27N5O3S/c1-15-12-20-22-13-16(14-24(2)3)21(26(20)23-15)19-6-5-11-25(19)30(27,28)18-9-7-17(29-4)8-10-18/h7-10,12-13,19H,5-6,11,14H2,1-4H3. The Labute approximate surface area is 177 Å². The lowest BCUT2D eigenvalue weighted by Gasteiger charge is -2.27. The second-order valence-corrected chi connectivity index (χ2v) is 9.80. The number of hydrogen-bond donors (Lipinski definition) is 0. The van der Waals surface area contributed by atoms with E-state index < -0.39 is 10.0 Å². The summed E-state index contributed by atoms with van der Waals surface area (Å²) in [6.45, 7) is 3.05. The van der Waals surface area contributed by atoms with Gasteiger partial charge >= 0.3 is 0 Å². The lowest BCUT2D eigenvalue weighted by atomic mass is 10.1. The number of hydrogen-bond acceptors (Lipinski definition) is 6. The molecule has 0 radical (unpaired) electrons. The van der Waals surface area contributed by atoms with Gasteiger partial charge in [-0.15, -0.1) is 0 Å². The number of aromatic nitrogens is 3. The quantitative estimate of drug-likeness (QED) is 0.599. The van der Waals surface area contributed by atoms with Gasteiger partial charge in [-0.1, -0.05) is 0 Å². The van der Waals surface area contributed by atoms with Crippen LogP contribution in [0.3, 0.4) is 0 Å². The van der Waals surface area contributed by atoms with Crippen molar-refractivity contribution in [2.75, 3.05) is 27.7 Å². The van der Waals surface area contributed by atoms with Crippen molar-refractivity contribution in [2.24, 2.45) is 0 Å². The summed E-state index contributed by atoms with van der Waals surface area (Å²) >= 11 is 0. The number of sulfonamides is 1. The molecule has 1 saturated heterocycles. The van der Waals surface area contributed by atoms with Crippen molar-refractivity contribution in [3.05, 3.63) is 53.5 Å². The number of fused-ring (bicyclic) bond motifs is 1. The molecule has 1 aliphatic rings. The van der Waals surface area contributed by atoms with Crippen LogP contribution in [-0.2, 0) is 16.6 Å². The molecule has 0 saturated carbocycles. The van der Waals surface area contributed by atoms with Crippen LogP contribution >= 0.6 is 0 Å². The SMILES string of the molecule is COc1ccc(S(=O)(=O)N2CCCC2c2c(CN(C)C)cnc3cc(C)nn23)cc1. The summed E-state index contributed by atoms with van der Waals surface area (Å²) in [5, 5.41) is 4.64. The van der Waals surface area contributed by atoms with Crippen LogP contribution in [0, 0.1) is 6.92 Å². The Balaban J connectivity index is 1.82. The van der Waals surface area contributed by atoms with Crippen LogP contribution in [-0.4, -0.2) is 60.0 Å². The average Bonchev–Trinajstić information content (AvgIpc) is 3.34. The van der Waals surface area contributed by atoms with E-state index in [1.54, 1.807) is 35.7 Å². The number of nitrogens with zero attached hydrogens (tertiary/aromatic N) is 5. The first kappa shape index (κ1) is 20.8. The number of methoxy groups -OCH3 is 1. The van der Waals surface area contributed by atoms with Gasteiger partial charge in [0.1, 0.15) is 5.75 Å². The predicted octanol–water partition coefficient (Wildman–Crippen LogP) is 2.63. The summed E-state index contributed by atoms with van der Waals surface area (Å²) in [6.07, 6.45) is 3.39. The van der Waals surface area contributed by atoms with E-state index in [2.05, 4.69) is 15.0 Å². The summed E-state index contributed by atoms with van der Waals surface area (Å²) in [4.78, 5) is 6.87. The summed E-state index contributed by atoms with van der Waals surface area (Å²) in [5.41, 5.74) is 3.47. The molecule has 1 atom stereocenters. The van der Waals surface area contributed by atoms with E-state index in [-0.39, 0.29) is 10.9 Å². The van der Waals surface area contributed by atoms with Crippen LogP contribution in [0.1, 0.15) is 35.8 Å². The number of aryl methyl sites for hydroxylation is 1. The molecule has 0 amide bonds. The Morgan fingerprint density at radius 3 is 2.63 bits per heavy atom. The zero-order valence-electron chi connectivity index (χ0n) is 17.7. The summed E-state index contributed by atoms with van der Waals surface area (Å²) in [7, 11) is 1.87. The lowest BCUT2D eigenvalue weighted by Crippen LogP contribution is -2.33.